The van der Waals surface area contributed by atoms with E-state index in [4.69, 9.17) is 5.73 Å². The van der Waals surface area contributed by atoms with E-state index in [1.807, 2.05) is 38.1 Å². The standard InChI is InChI=1S/C17H18F3N.ClH/c1-11(2)15-5-3-4-6-16(15)13-7-12(10-21)8-14(9-13)17(18,19)20;/h3-9,11H,10,21H2,1-2H3;1H. The van der Waals surface area contributed by atoms with E-state index in [1.165, 1.54) is 6.07 Å². The lowest BCUT2D eigenvalue weighted by atomic mass is 9.91. The fourth-order valence-electron chi connectivity index (χ4n) is 2.39. The first kappa shape index (κ1) is 18.5. The van der Waals surface area contributed by atoms with Crippen LogP contribution in [0.4, 0.5) is 13.2 Å². The van der Waals surface area contributed by atoms with Gasteiger partial charge in [0.05, 0.1) is 5.56 Å². The third-order valence-electron chi connectivity index (χ3n) is 3.45. The third kappa shape index (κ3) is 4.02. The quantitative estimate of drug-likeness (QED) is 0.804. The summed E-state index contributed by atoms with van der Waals surface area (Å²) < 4.78 is 39.1. The molecule has 0 spiro atoms. The molecule has 0 atom stereocenters. The molecule has 0 fully saturated rings. The van der Waals surface area contributed by atoms with Gasteiger partial charge in [0.1, 0.15) is 0 Å². The molecule has 0 aliphatic heterocycles. The van der Waals surface area contributed by atoms with Gasteiger partial charge in [-0.05, 0) is 46.4 Å². The van der Waals surface area contributed by atoms with Gasteiger partial charge in [-0.1, -0.05) is 38.1 Å². The van der Waals surface area contributed by atoms with E-state index in [-0.39, 0.29) is 24.9 Å². The lowest BCUT2D eigenvalue weighted by molar-refractivity contribution is -0.137. The summed E-state index contributed by atoms with van der Waals surface area (Å²) in [6.45, 7) is 4.13. The van der Waals surface area contributed by atoms with Crippen molar-refractivity contribution in [3.63, 3.8) is 0 Å². The highest BCUT2D eigenvalue weighted by Crippen LogP contribution is 2.35. The van der Waals surface area contributed by atoms with Crippen LogP contribution in [-0.2, 0) is 12.7 Å². The summed E-state index contributed by atoms with van der Waals surface area (Å²) in [6, 6.07) is 11.6. The average Bonchev–Trinajstić information content (AvgIpc) is 2.45. The first-order valence-electron chi connectivity index (χ1n) is 6.83. The summed E-state index contributed by atoms with van der Waals surface area (Å²) in [5.41, 5.74) is 7.79. The average molecular weight is 330 g/mol. The van der Waals surface area contributed by atoms with E-state index in [1.54, 1.807) is 6.07 Å². The highest BCUT2D eigenvalue weighted by molar-refractivity contribution is 5.85. The lowest BCUT2D eigenvalue weighted by Crippen LogP contribution is -2.08. The first-order valence-corrected chi connectivity index (χ1v) is 6.83. The number of halogens is 4. The number of rotatable bonds is 3. The normalized spacial score (nSPS) is 11.4. The third-order valence-corrected chi connectivity index (χ3v) is 3.45. The van der Waals surface area contributed by atoms with Gasteiger partial charge in [-0.2, -0.15) is 13.2 Å². The smallest absolute Gasteiger partial charge is 0.326 e. The predicted octanol–water partition coefficient (Wildman–Crippen LogP) is 5.38. The van der Waals surface area contributed by atoms with E-state index in [0.717, 1.165) is 17.2 Å². The van der Waals surface area contributed by atoms with Crippen LogP contribution in [0.15, 0.2) is 42.5 Å². The number of hydrogen-bond acceptors (Lipinski definition) is 1. The Morgan fingerprint density at radius 2 is 1.68 bits per heavy atom. The highest BCUT2D eigenvalue weighted by Gasteiger charge is 2.31. The number of hydrogen-bond donors (Lipinski definition) is 1. The van der Waals surface area contributed by atoms with E-state index < -0.39 is 11.7 Å². The van der Waals surface area contributed by atoms with Crippen LogP contribution in [0.2, 0.25) is 0 Å². The number of nitrogens with two attached hydrogens (primary N) is 1. The molecule has 0 aromatic heterocycles. The van der Waals surface area contributed by atoms with Gasteiger partial charge in [0, 0.05) is 6.54 Å². The van der Waals surface area contributed by atoms with Crippen LogP contribution < -0.4 is 5.73 Å². The second kappa shape index (κ2) is 7.16. The van der Waals surface area contributed by atoms with Crippen molar-refractivity contribution in [3.8, 4) is 11.1 Å². The molecule has 0 aliphatic rings. The van der Waals surface area contributed by atoms with Gasteiger partial charge in [0.25, 0.3) is 0 Å². The molecule has 5 heteroatoms. The van der Waals surface area contributed by atoms with E-state index in [0.29, 0.717) is 11.1 Å². The maximum atomic E-state index is 13.0. The SMILES string of the molecule is CC(C)c1ccccc1-c1cc(CN)cc(C(F)(F)F)c1.Cl. The second-order valence-corrected chi connectivity index (χ2v) is 5.36. The summed E-state index contributed by atoms with van der Waals surface area (Å²) in [6.07, 6.45) is -4.37. The minimum Gasteiger partial charge on any atom is -0.326 e. The zero-order valence-corrected chi connectivity index (χ0v) is 13.3. The van der Waals surface area contributed by atoms with Crippen molar-refractivity contribution in [3.05, 3.63) is 59.2 Å². The van der Waals surface area contributed by atoms with Crippen molar-refractivity contribution in [1.82, 2.24) is 0 Å². The van der Waals surface area contributed by atoms with Crippen molar-refractivity contribution in [2.75, 3.05) is 0 Å². The highest BCUT2D eigenvalue weighted by atomic mass is 35.5. The van der Waals surface area contributed by atoms with Gasteiger partial charge in [-0.15, -0.1) is 12.4 Å². The summed E-state index contributed by atoms with van der Waals surface area (Å²) in [5.74, 6) is 0.233. The monoisotopic (exact) mass is 329 g/mol. The minimum atomic E-state index is -4.37. The Kier molecular flexibility index (Phi) is 6.03. The molecule has 1 nitrogen and oxygen atoms in total. The topological polar surface area (TPSA) is 26.0 Å². The molecule has 0 radical (unpaired) electrons. The molecule has 0 bridgehead atoms. The number of alkyl halides is 3. The fraction of sp³-hybridized carbons (Fsp3) is 0.294. The molecule has 2 aromatic carbocycles. The predicted molar refractivity (Wildman–Crippen MR) is 86.1 cm³/mol. The van der Waals surface area contributed by atoms with E-state index >= 15 is 0 Å². The van der Waals surface area contributed by atoms with E-state index in [9.17, 15) is 13.2 Å². The Balaban J connectivity index is 0.00000242. The molecule has 0 saturated carbocycles. The van der Waals surface area contributed by atoms with Crippen LogP contribution >= 0.6 is 12.4 Å². The van der Waals surface area contributed by atoms with Crippen LogP contribution in [-0.4, -0.2) is 0 Å². The van der Waals surface area contributed by atoms with Gasteiger partial charge < -0.3 is 5.73 Å². The van der Waals surface area contributed by atoms with Gasteiger partial charge >= 0.3 is 6.18 Å². The molecule has 120 valence electrons. The zero-order valence-electron chi connectivity index (χ0n) is 12.4. The van der Waals surface area contributed by atoms with Crippen LogP contribution in [0, 0.1) is 0 Å². The van der Waals surface area contributed by atoms with E-state index in [2.05, 4.69) is 0 Å². The van der Waals surface area contributed by atoms with Gasteiger partial charge in [0.15, 0.2) is 0 Å². The molecule has 2 rings (SSSR count). The van der Waals surface area contributed by atoms with Crippen molar-refractivity contribution in [2.24, 2.45) is 5.73 Å². The zero-order chi connectivity index (χ0) is 15.6. The van der Waals surface area contributed by atoms with Crippen LogP contribution in [0.25, 0.3) is 11.1 Å². The van der Waals surface area contributed by atoms with Crippen molar-refractivity contribution in [2.45, 2.75) is 32.5 Å². The van der Waals surface area contributed by atoms with Crippen LogP contribution in [0.1, 0.15) is 36.5 Å². The summed E-state index contributed by atoms with van der Waals surface area (Å²) in [4.78, 5) is 0. The maximum absolute atomic E-state index is 13.0. The Bertz CT molecular complexity index is 636. The van der Waals surface area contributed by atoms with Gasteiger partial charge in [-0.3, -0.25) is 0 Å². The molecular formula is C17H19ClF3N. The largest absolute Gasteiger partial charge is 0.416 e. The lowest BCUT2D eigenvalue weighted by Gasteiger charge is -2.16. The molecule has 0 saturated heterocycles. The number of benzene rings is 2. The molecule has 2 aromatic rings. The first-order chi connectivity index (χ1) is 9.82. The molecule has 0 unspecified atom stereocenters. The second-order valence-electron chi connectivity index (χ2n) is 5.36. The minimum absolute atomic E-state index is 0. The van der Waals surface area contributed by atoms with Crippen molar-refractivity contribution < 1.29 is 13.2 Å². The van der Waals surface area contributed by atoms with Crippen molar-refractivity contribution >= 4 is 12.4 Å². The van der Waals surface area contributed by atoms with Crippen LogP contribution in [0.5, 0.6) is 0 Å². The molecular weight excluding hydrogens is 311 g/mol. The Morgan fingerprint density at radius 3 is 2.23 bits per heavy atom. The van der Waals surface area contributed by atoms with Gasteiger partial charge in [-0.25, -0.2) is 0 Å². The Morgan fingerprint density at radius 1 is 1.05 bits per heavy atom. The Hall–Kier alpha value is -1.52. The summed E-state index contributed by atoms with van der Waals surface area (Å²) >= 11 is 0. The summed E-state index contributed by atoms with van der Waals surface area (Å²) in [7, 11) is 0. The van der Waals surface area contributed by atoms with Crippen LogP contribution in [0.3, 0.4) is 0 Å². The molecule has 2 N–H and O–H groups in total. The Labute approximate surface area is 134 Å². The molecule has 0 amide bonds. The molecule has 0 aliphatic carbocycles. The maximum Gasteiger partial charge on any atom is 0.416 e. The fourth-order valence-corrected chi connectivity index (χ4v) is 2.39. The molecule has 0 heterocycles. The molecule has 22 heavy (non-hydrogen) atoms. The van der Waals surface area contributed by atoms with Crippen molar-refractivity contribution in [1.29, 1.82) is 0 Å². The van der Waals surface area contributed by atoms with Gasteiger partial charge in [0.2, 0.25) is 0 Å². The summed E-state index contributed by atoms with van der Waals surface area (Å²) in [5, 5.41) is 0.